The second kappa shape index (κ2) is 9.04. The third-order valence-corrected chi connectivity index (χ3v) is 1.23. The zero-order valence-electron chi connectivity index (χ0n) is 7.80. The summed E-state index contributed by atoms with van der Waals surface area (Å²) in [7, 11) is 0. The fourth-order valence-corrected chi connectivity index (χ4v) is 0.700. The van der Waals surface area contributed by atoms with Crippen molar-refractivity contribution < 1.29 is 14.6 Å². The van der Waals surface area contributed by atoms with E-state index < -0.39 is 0 Å². The summed E-state index contributed by atoms with van der Waals surface area (Å²) in [6.45, 7) is 3.10. The van der Waals surface area contributed by atoms with Gasteiger partial charge in [0.15, 0.2) is 0 Å². The molecule has 0 aromatic rings. The molecule has 4 nitrogen and oxygen atoms in total. The molecule has 0 aromatic heterocycles. The summed E-state index contributed by atoms with van der Waals surface area (Å²) in [6.07, 6.45) is 0.733. The van der Waals surface area contributed by atoms with Gasteiger partial charge < -0.3 is 15.2 Å². The number of aliphatic hydroxyl groups is 1. The lowest BCUT2D eigenvalue weighted by Gasteiger charge is -2.01. The standard InChI is InChI=1S/C9H15NO3/c1-2-4-9(12)10-5-3-7-13-8-6-11/h11H,3,5-8H2,1H3,(H,10,12). The summed E-state index contributed by atoms with van der Waals surface area (Å²) in [4.78, 5) is 10.8. The number of aliphatic hydroxyl groups excluding tert-OH is 1. The van der Waals surface area contributed by atoms with Crippen LogP contribution < -0.4 is 5.32 Å². The van der Waals surface area contributed by atoms with Gasteiger partial charge in [-0.15, -0.1) is 0 Å². The molecule has 0 unspecified atom stereocenters. The normalized spacial score (nSPS) is 8.77. The van der Waals surface area contributed by atoms with Gasteiger partial charge in [-0.25, -0.2) is 0 Å². The minimum absolute atomic E-state index is 0.0354. The maximum atomic E-state index is 10.8. The molecular formula is C9H15NO3. The number of amides is 1. The van der Waals surface area contributed by atoms with Gasteiger partial charge >= 0.3 is 0 Å². The average Bonchev–Trinajstić information content (AvgIpc) is 2.11. The minimum atomic E-state index is -0.260. The maximum Gasteiger partial charge on any atom is 0.295 e. The van der Waals surface area contributed by atoms with Crippen molar-refractivity contribution in [3.05, 3.63) is 0 Å². The number of nitrogens with one attached hydrogen (secondary N) is 1. The molecular weight excluding hydrogens is 170 g/mol. The van der Waals surface area contributed by atoms with Gasteiger partial charge in [0.2, 0.25) is 0 Å². The highest BCUT2D eigenvalue weighted by molar-refractivity contribution is 5.93. The highest BCUT2D eigenvalue weighted by Gasteiger charge is 1.93. The molecule has 0 atom stereocenters. The van der Waals surface area contributed by atoms with Gasteiger partial charge in [0.25, 0.3) is 5.91 Å². The van der Waals surface area contributed by atoms with Crippen molar-refractivity contribution in [2.45, 2.75) is 13.3 Å². The van der Waals surface area contributed by atoms with Crippen LogP contribution in [-0.2, 0) is 9.53 Å². The van der Waals surface area contributed by atoms with Gasteiger partial charge in [-0.2, -0.15) is 0 Å². The Labute approximate surface area is 78.3 Å². The Morgan fingerprint density at radius 2 is 2.31 bits per heavy atom. The number of ether oxygens (including phenoxy) is 1. The largest absolute Gasteiger partial charge is 0.394 e. The van der Waals surface area contributed by atoms with Crippen molar-refractivity contribution in [2.75, 3.05) is 26.4 Å². The van der Waals surface area contributed by atoms with Crippen LogP contribution in [-0.4, -0.2) is 37.4 Å². The molecule has 0 aliphatic heterocycles. The van der Waals surface area contributed by atoms with E-state index in [0.29, 0.717) is 19.8 Å². The van der Waals surface area contributed by atoms with Crippen LogP contribution in [0.15, 0.2) is 0 Å². The molecule has 0 aromatic carbocycles. The number of hydrogen-bond donors (Lipinski definition) is 2. The molecule has 0 rings (SSSR count). The van der Waals surface area contributed by atoms with Crippen molar-refractivity contribution in [3.63, 3.8) is 0 Å². The molecule has 0 heterocycles. The van der Waals surface area contributed by atoms with Crippen LogP contribution >= 0.6 is 0 Å². The van der Waals surface area contributed by atoms with Gasteiger partial charge in [0.05, 0.1) is 13.2 Å². The fraction of sp³-hybridized carbons (Fsp3) is 0.667. The van der Waals surface area contributed by atoms with Gasteiger partial charge in [0.1, 0.15) is 0 Å². The van der Waals surface area contributed by atoms with E-state index in [2.05, 4.69) is 17.2 Å². The van der Waals surface area contributed by atoms with Gasteiger partial charge in [0, 0.05) is 13.2 Å². The summed E-state index contributed by atoms with van der Waals surface area (Å²) < 4.78 is 4.99. The highest BCUT2D eigenvalue weighted by Crippen LogP contribution is 1.80. The Morgan fingerprint density at radius 3 is 2.92 bits per heavy atom. The Morgan fingerprint density at radius 1 is 1.54 bits per heavy atom. The first-order valence-electron chi connectivity index (χ1n) is 4.20. The molecule has 0 saturated carbocycles. The zero-order chi connectivity index (χ0) is 9.94. The average molecular weight is 185 g/mol. The first kappa shape index (κ1) is 11.9. The maximum absolute atomic E-state index is 10.8. The predicted octanol–water partition coefficient (Wildman–Crippen LogP) is -0.475. The van der Waals surface area contributed by atoms with Crippen molar-refractivity contribution in [1.29, 1.82) is 0 Å². The topological polar surface area (TPSA) is 58.6 Å². The molecule has 0 spiro atoms. The Bertz CT molecular complexity index is 193. The second-order valence-electron chi connectivity index (χ2n) is 2.32. The first-order chi connectivity index (χ1) is 6.31. The fourth-order valence-electron chi connectivity index (χ4n) is 0.700. The van der Waals surface area contributed by atoms with E-state index >= 15 is 0 Å². The van der Waals surface area contributed by atoms with Gasteiger partial charge in [-0.05, 0) is 19.3 Å². The van der Waals surface area contributed by atoms with Crippen LogP contribution in [0.4, 0.5) is 0 Å². The van der Waals surface area contributed by atoms with Crippen LogP contribution in [0.5, 0.6) is 0 Å². The summed E-state index contributed by atoms with van der Waals surface area (Å²) in [6, 6.07) is 0. The summed E-state index contributed by atoms with van der Waals surface area (Å²) in [5, 5.41) is 11.0. The molecule has 1 amide bonds. The van der Waals surface area contributed by atoms with E-state index in [9.17, 15) is 4.79 Å². The van der Waals surface area contributed by atoms with Crippen molar-refractivity contribution in [3.8, 4) is 11.8 Å². The Hall–Kier alpha value is -1.05. The van der Waals surface area contributed by atoms with Crippen LogP contribution in [0.1, 0.15) is 13.3 Å². The van der Waals surface area contributed by atoms with E-state index in [-0.39, 0.29) is 12.5 Å². The first-order valence-corrected chi connectivity index (χ1v) is 4.20. The highest BCUT2D eigenvalue weighted by atomic mass is 16.5. The van der Waals surface area contributed by atoms with Crippen molar-refractivity contribution in [1.82, 2.24) is 5.32 Å². The van der Waals surface area contributed by atoms with Crippen LogP contribution in [0, 0.1) is 11.8 Å². The molecule has 2 N–H and O–H groups in total. The van der Waals surface area contributed by atoms with Gasteiger partial charge in [-0.3, -0.25) is 4.79 Å². The SMILES string of the molecule is CC#CC(=O)NCCCOCCO. The van der Waals surface area contributed by atoms with Crippen LogP contribution in [0.25, 0.3) is 0 Å². The third-order valence-electron chi connectivity index (χ3n) is 1.23. The molecule has 0 saturated heterocycles. The summed E-state index contributed by atoms with van der Waals surface area (Å²) in [5.74, 6) is 4.61. The molecule has 0 radical (unpaired) electrons. The molecule has 13 heavy (non-hydrogen) atoms. The molecule has 0 bridgehead atoms. The number of rotatable bonds is 6. The van der Waals surface area contributed by atoms with E-state index in [1.165, 1.54) is 0 Å². The van der Waals surface area contributed by atoms with E-state index in [0.717, 1.165) is 6.42 Å². The van der Waals surface area contributed by atoms with Crippen molar-refractivity contribution in [2.24, 2.45) is 0 Å². The third kappa shape index (κ3) is 8.86. The number of carbonyl (C=O) groups excluding carboxylic acids is 1. The second-order valence-corrected chi connectivity index (χ2v) is 2.32. The van der Waals surface area contributed by atoms with Gasteiger partial charge in [-0.1, -0.05) is 5.92 Å². The monoisotopic (exact) mass is 185 g/mol. The van der Waals surface area contributed by atoms with E-state index in [4.69, 9.17) is 9.84 Å². The summed E-state index contributed by atoms with van der Waals surface area (Å²) >= 11 is 0. The molecule has 0 fully saturated rings. The van der Waals surface area contributed by atoms with E-state index in [1.807, 2.05) is 0 Å². The minimum Gasteiger partial charge on any atom is -0.394 e. The lowest BCUT2D eigenvalue weighted by Crippen LogP contribution is -2.23. The van der Waals surface area contributed by atoms with Crippen LogP contribution in [0.3, 0.4) is 0 Å². The number of hydrogen-bond acceptors (Lipinski definition) is 3. The Balaban J connectivity index is 3.14. The van der Waals surface area contributed by atoms with E-state index in [1.54, 1.807) is 6.92 Å². The van der Waals surface area contributed by atoms with Crippen molar-refractivity contribution >= 4 is 5.91 Å². The molecule has 4 heteroatoms. The smallest absolute Gasteiger partial charge is 0.295 e. The lowest BCUT2D eigenvalue weighted by atomic mass is 10.4. The quantitative estimate of drug-likeness (QED) is 0.434. The molecule has 0 aliphatic rings. The zero-order valence-corrected chi connectivity index (χ0v) is 7.80. The molecule has 0 aliphatic carbocycles. The number of carbonyl (C=O) groups is 1. The lowest BCUT2D eigenvalue weighted by molar-refractivity contribution is -0.115. The molecule has 74 valence electrons. The summed E-state index contributed by atoms with van der Waals surface area (Å²) in [5.41, 5.74) is 0. The Kier molecular flexibility index (Phi) is 8.31. The predicted molar refractivity (Wildman–Crippen MR) is 49.0 cm³/mol. The van der Waals surface area contributed by atoms with Crippen LogP contribution in [0.2, 0.25) is 0 Å².